The van der Waals surface area contributed by atoms with Crippen LogP contribution in [0.2, 0.25) is 5.02 Å². The molecule has 0 bridgehead atoms. The van der Waals surface area contributed by atoms with E-state index >= 15 is 0 Å². The van der Waals surface area contributed by atoms with Gasteiger partial charge in [-0.25, -0.2) is 4.68 Å². The van der Waals surface area contributed by atoms with Crippen molar-refractivity contribution in [2.45, 2.75) is 32.7 Å². The number of nitrogens with one attached hydrogen (secondary N) is 1. The molecule has 3 rings (SSSR count). The normalized spacial score (nSPS) is 11.1. The maximum Gasteiger partial charge on any atom is 0.254 e. The van der Waals surface area contributed by atoms with Gasteiger partial charge in [-0.1, -0.05) is 25.4 Å². The smallest absolute Gasteiger partial charge is 0.254 e. The summed E-state index contributed by atoms with van der Waals surface area (Å²) in [7, 11) is 0. The summed E-state index contributed by atoms with van der Waals surface area (Å²) in [6.07, 6.45) is 6.11. The molecule has 0 aliphatic carbocycles. The topological polar surface area (TPSA) is 64.7 Å². The van der Waals surface area contributed by atoms with E-state index < -0.39 is 0 Å². The third kappa shape index (κ3) is 4.14. The van der Waals surface area contributed by atoms with Crippen LogP contribution < -0.4 is 5.32 Å². The van der Waals surface area contributed by atoms with E-state index in [4.69, 9.17) is 11.6 Å². The Morgan fingerprint density at radius 1 is 1.23 bits per heavy atom. The Kier molecular flexibility index (Phi) is 5.73. The molecule has 7 heteroatoms. The molecule has 0 saturated heterocycles. The Morgan fingerprint density at radius 3 is 2.65 bits per heavy atom. The number of benzene rings is 1. The number of carbonyl (C=O) groups excluding carboxylic acids is 1. The Bertz CT molecular complexity index is 853. The van der Waals surface area contributed by atoms with E-state index in [-0.39, 0.29) is 11.8 Å². The molecule has 1 aromatic carbocycles. The summed E-state index contributed by atoms with van der Waals surface area (Å²) in [5, 5.41) is 12.2. The molecule has 1 amide bonds. The van der Waals surface area contributed by atoms with Gasteiger partial charge < -0.3 is 5.32 Å². The molecule has 26 heavy (non-hydrogen) atoms. The van der Waals surface area contributed by atoms with Crippen molar-refractivity contribution in [1.82, 2.24) is 24.9 Å². The fourth-order valence-electron chi connectivity index (χ4n) is 2.85. The first-order valence-corrected chi connectivity index (χ1v) is 9.03. The second-order valence-electron chi connectivity index (χ2n) is 6.36. The number of nitrogens with zero attached hydrogens (tertiary/aromatic N) is 4. The lowest BCUT2D eigenvalue weighted by Gasteiger charge is -2.13. The third-order valence-corrected chi connectivity index (χ3v) is 4.33. The van der Waals surface area contributed by atoms with Crippen LogP contribution in [0.4, 0.5) is 0 Å². The highest BCUT2D eigenvalue weighted by molar-refractivity contribution is 6.30. The predicted octanol–water partition coefficient (Wildman–Crippen LogP) is 3.67. The molecule has 2 aromatic heterocycles. The van der Waals surface area contributed by atoms with Gasteiger partial charge in [-0.15, -0.1) is 0 Å². The quantitative estimate of drug-likeness (QED) is 0.644. The molecule has 0 radical (unpaired) electrons. The van der Waals surface area contributed by atoms with Crippen LogP contribution in [0, 0.1) is 0 Å². The van der Waals surface area contributed by atoms with Crippen LogP contribution in [0.1, 0.15) is 42.2 Å². The molecule has 0 unspecified atom stereocenters. The highest BCUT2D eigenvalue weighted by Crippen LogP contribution is 2.24. The van der Waals surface area contributed by atoms with E-state index in [1.165, 1.54) is 0 Å². The van der Waals surface area contributed by atoms with Crippen molar-refractivity contribution < 1.29 is 4.79 Å². The maximum absolute atomic E-state index is 12.6. The Morgan fingerprint density at radius 2 is 2.00 bits per heavy atom. The lowest BCUT2D eigenvalue weighted by molar-refractivity contribution is 0.0951. The number of carbonyl (C=O) groups is 1. The number of rotatable bonds is 7. The van der Waals surface area contributed by atoms with Crippen LogP contribution in [0.15, 0.2) is 48.9 Å². The van der Waals surface area contributed by atoms with Gasteiger partial charge >= 0.3 is 0 Å². The minimum atomic E-state index is -0.102. The van der Waals surface area contributed by atoms with Crippen LogP contribution in [-0.4, -0.2) is 32.0 Å². The van der Waals surface area contributed by atoms with Gasteiger partial charge in [0.1, 0.15) is 0 Å². The highest BCUT2D eigenvalue weighted by atomic mass is 35.5. The van der Waals surface area contributed by atoms with E-state index in [2.05, 4.69) is 29.4 Å². The first kappa shape index (κ1) is 18.2. The summed E-state index contributed by atoms with van der Waals surface area (Å²) in [4.78, 5) is 12.6. The van der Waals surface area contributed by atoms with Crippen molar-refractivity contribution in [2.24, 2.45) is 0 Å². The Balaban J connectivity index is 1.70. The van der Waals surface area contributed by atoms with Gasteiger partial charge in [0, 0.05) is 30.5 Å². The summed E-state index contributed by atoms with van der Waals surface area (Å²) in [6.45, 7) is 5.46. The molecule has 0 aliphatic rings. The molecule has 2 heterocycles. The number of aromatic nitrogens is 4. The lowest BCUT2D eigenvalue weighted by Crippen LogP contribution is -2.26. The zero-order valence-electron chi connectivity index (χ0n) is 14.9. The zero-order chi connectivity index (χ0) is 18.5. The van der Waals surface area contributed by atoms with Gasteiger partial charge in [0.15, 0.2) is 0 Å². The number of hydrogen-bond donors (Lipinski definition) is 1. The van der Waals surface area contributed by atoms with E-state index in [1.54, 1.807) is 17.1 Å². The Labute approximate surface area is 157 Å². The summed E-state index contributed by atoms with van der Waals surface area (Å²) in [5.41, 5.74) is 2.38. The van der Waals surface area contributed by atoms with Crippen LogP contribution >= 0.6 is 11.6 Å². The van der Waals surface area contributed by atoms with Crippen LogP contribution in [0.25, 0.3) is 5.69 Å². The van der Waals surface area contributed by atoms with E-state index in [1.807, 2.05) is 41.2 Å². The van der Waals surface area contributed by atoms with Crippen LogP contribution in [0.3, 0.4) is 0 Å². The molecular weight excluding hydrogens is 350 g/mol. The largest absolute Gasteiger partial charge is 0.352 e. The standard InChI is InChI=1S/C19H22ClN5O/c1-14(2)18-17(13-23-25(18)16-7-5-15(20)6-8-16)19(26)21-9-3-11-24-12-4-10-22-24/h4-8,10,12-14H,3,9,11H2,1-2H3,(H,21,26). The summed E-state index contributed by atoms with van der Waals surface area (Å²) >= 11 is 5.97. The first-order valence-electron chi connectivity index (χ1n) is 8.65. The fraction of sp³-hybridized carbons (Fsp3) is 0.316. The highest BCUT2D eigenvalue weighted by Gasteiger charge is 2.20. The van der Waals surface area contributed by atoms with E-state index in [0.717, 1.165) is 24.3 Å². The number of hydrogen-bond acceptors (Lipinski definition) is 3. The van der Waals surface area contributed by atoms with Crippen molar-refractivity contribution in [3.05, 3.63) is 65.2 Å². The lowest BCUT2D eigenvalue weighted by atomic mass is 10.0. The van der Waals surface area contributed by atoms with Crippen molar-refractivity contribution in [3.63, 3.8) is 0 Å². The second kappa shape index (κ2) is 8.19. The molecule has 6 nitrogen and oxygen atoms in total. The van der Waals surface area contributed by atoms with E-state index in [0.29, 0.717) is 17.1 Å². The first-order chi connectivity index (χ1) is 12.6. The molecule has 0 atom stereocenters. The number of amides is 1. The van der Waals surface area contributed by atoms with Crippen molar-refractivity contribution in [3.8, 4) is 5.69 Å². The molecule has 0 fully saturated rings. The summed E-state index contributed by atoms with van der Waals surface area (Å²) in [5.74, 6) is 0.0485. The van der Waals surface area contributed by atoms with Crippen LogP contribution in [0.5, 0.6) is 0 Å². The SMILES string of the molecule is CC(C)c1c(C(=O)NCCCn2cccn2)cnn1-c1ccc(Cl)cc1. The average molecular weight is 372 g/mol. The van der Waals surface area contributed by atoms with Crippen LogP contribution in [-0.2, 0) is 6.54 Å². The number of aryl methyl sites for hydroxylation is 1. The molecular formula is C19H22ClN5O. The predicted molar refractivity (Wildman–Crippen MR) is 102 cm³/mol. The molecule has 0 aliphatic heterocycles. The average Bonchev–Trinajstić information content (AvgIpc) is 3.28. The second-order valence-corrected chi connectivity index (χ2v) is 6.80. The summed E-state index contributed by atoms with van der Waals surface area (Å²) < 4.78 is 3.66. The summed E-state index contributed by atoms with van der Waals surface area (Å²) in [6, 6.07) is 9.31. The minimum absolute atomic E-state index is 0.102. The monoisotopic (exact) mass is 371 g/mol. The van der Waals surface area contributed by atoms with Gasteiger partial charge in [0.05, 0.1) is 23.1 Å². The van der Waals surface area contributed by atoms with Gasteiger partial charge in [-0.2, -0.15) is 10.2 Å². The molecule has 136 valence electrons. The zero-order valence-corrected chi connectivity index (χ0v) is 15.6. The minimum Gasteiger partial charge on any atom is -0.352 e. The molecule has 3 aromatic rings. The van der Waals surface area contributed by atoms with Crippen molar-refractivity contribution in [2.75, 3.05) is 6.54 Å². The molecule has 1 N–H and O–H groups in total. The van der Waals surface area contributed by atoms with Gasteiger partial charge in [-0.05, 0) is 42.7 Å². The van der Waals surface area contributed by atoms with Crippen molar-refractivity contribution >= 4 is 17.5 Å². The maximum atomic E-state index is 12.6. The molecule has 0 spiro atoms. The number of halogens is 1. The molecule has 0 saturated carbocycles. The van der Waals surface area contributed by atoms with Crippen molar-refractivity contribution in [1.29, 1.82) is 0 Å². The Hall–Kier alpha value is -2.60. The van der Waals surface area contributed by atoms with E-state index in [9.17, 15) is 4.79 Å². The third-order valence-electron chi connectivity index (χ3n) is 4.08. The fourth-order valence-corrected chi connectivity index (χ4v) is 2.97. The van der Waals surface area contributed by atoms with Gasteiger partial charge in [0.2, 0.25) is 0 Å². The van der Waals surface area contributed by atoms with Gasteiger partial charge in [-0.3, -0.25) is 9.48 Å². The van der Waals surface area contributed by atoms with Gasteiger partial charge in [0.25, 0.3) is 5.91 Å².